The monoisotopic (exact) mass is 295 g/mol. The molecule has 0 spiro atoms. The third kappa shape index (κ3) is 3.64. The Labute approximate surface area is 127 Å². The van der Waals surface area contributed by atoms with Crippen LogP contribution in [0.15, 0.2) is 58.9 Å². The number of rotatable bonds is 5. The van der Waals surface area contributed by atoms with Gasteiger partial charge in [-0.05, 0) is 30.7 Å². The highest BCUT2D eigenvalue weighted by Crippen LogP contribution is 2.22. The molecule has 7 heteroatoms. The maximum absolute atomic E-state index is 10.6. The largest absolute Gasteiger partial charge is 0.269 e. The molecule has 110 valence electrons. The summed E-state index contributed by atoms with van der Waals surface area (Å²) in [4.78, 5) is 10.1. The van der Waals surface area contributed by atoms with Crippen LogP contribution in [0.2, 0.25) is 0 Å². The molecule has 0 unspecified atom stereocenters. The Morgan fingerprint density at radius 1 is 1.23 bits per heavy atom. The van der Waals surface area contributed by atoms with Gasteiger partial charge in [0.15, 0.2) is 0 Å². The normalized spacial score (nSPS) is 10.4. The predicted octanol–water partition coefficient (Wildman–Crippen LogP) is 3.93. The number of nitrogens with zero attached hydrogens (tertiary/aromatic N) is 5. The van der Waals surface area contributed by atoms with Gasteiger partial charge in [-0.3, -0.25) is 10.1 Å². The molecule has 7 nitrogen and oxygen atoms in total. The summed E-state index contributed by atoms with van der Waals surface area (Å²) in [6.45, 7) is 1.97. The molecule has 0 N–H and O–H groups in total. The lowest BCUT2D eigenvalue weighted by Crippen LogP contribution is -2.16. The first-order chi connectivity index (χ1) is 10.6. The molecule has 0 heterocycles. The Morgan fingerprint density at radius 3 is 2.50 bits per heavy atom. The van der Waals surface area contributed by atoms with Gasteiger partial charge in [0.2, 0.25) is 0 Å². The van der Waals surface area contributed by atoms with Crippen molar-refractivity contribution in [1.82, 2.24) is 0 Å². The highest BCUT2D eigenvalue weighted by molar-refractivity contribution is 5.53. The van der Waals surface area contributed by atoms with Crippen molar-refractivity contribution in [2.75, 3.05) is 11.6 Å². The SMILES string of the molecule is Cc1ccccc1N(CC#N)N=Nc1ccc([N+](=O)[O-])cc1. The molecule has 0 bridgehead atoms. The van der Waals surface area contributed by atoms with Crippen molar-refractivity contribution < 1.29 is 4.92 Å². The summed E-state index contributed by atoms with van der Waals surface area (Å²) >= 11 is 0. The van der Waals surface area contributed by atoms with Crippen LogP contribution in [0.25, 0.3) is 0 Å². The number of nitro groups is 1. The van der Waals surface area contributed by atoms with E-state index in [-0.39, 0.29) is 12.2 Å². The number of nitriles is 1. The van der Waals surface area contributed by atoms with Gasteiger partial charge in [-0.25, -0.2) is 5.01 Å². The number of aryl methyl sites for hydroxylation is 1. The third-order valence-electron chi connectivity index (χ3n) is 2.94. The van der Waals surface area contributed by atoms with E-state index in [9.17, 15) is 10.1 Å². The zero-order chi connectivity index (χ0) is 15.9. The molecule has 0 aliphatic rings. The maximum Gasteiger partial charge on any atom is 0.269 e. The molecule has 2 aromatic rings. The van der Waals surface area contributed by atoms with Crippen molar-refractivity contribution in [2.45, 2.75) is 6.92 Å². The molecule has 0 saturated carbocycles. The summed E-state index contributed by atoms with van der Waals surface area (Å²) in [6.07, 6.45) is 0. The fourth-order valence-corrected chi connectivity index (χ4v) is 1.83. The van der Waals surface area contributed by atoms with Gasteiger partial charge in [0.1, 0.15) is 6.54 Å². The smallest absolute Gasteiger partial charge is 0.258 e. The van der Waals surface area contributed by atoms with Crippen LogP contribution in [0.1, 0.15) is 5.56 Å². The molecule has 0 atom stereocenters. The summed E-state index contributed by atoms with van der Waals surface area (Å²) in [5.41, 5.74) is 2.23. The van der Waals surface area contributed by atoms with E-state index in [4.69, 9.17) is 5.26 Å². The van der Waals surface area contributed by atoms with Gasteiger partial charge < -0.3 is 0 Å². The van der Waals surface area contributed by atoms with Gasteiger partial charge >= 0.3 is 0 Å². The van der Waals surface area contributed by atoms with Crippen LogP contribution in [0.3, 0.4) is 0 Å². The highest BCUT2D eigenvalue weighted by atomic mass is 16.6. The van der Waals surface area contributed by atoms with Crippen LogP contribution < -0.4 is 5.01 Å². The molecule has 2 aromatic carbocycles. The van der Waals surface area contributed by atoms with Crippen LogP contribution in [0, 0.1) is 28.4 Å². The van der Waals surface area contributed by atoms with Crippen molar-refractivity contribution in [3.63, 3.8) is 0 Å². The van der Waals surface area contributed by atoms with Gasteiger partial charge in [-0.2, -0.15) is 5.26 Å². The number of hydrogen-bond acceptors (Lipinski definition) is 5. The van der Waals surface area contributed by atoms with Crippen molar-refractivity contribution in [3.8, 4) is 6.07 Å². The average molecular weight is 295 g/mol. The van der Waals surface area contributed by atoms with E-state index in [2.05, 4.69) is 10.3 Å². The van der Waals surface area contributed by atoms with Crippen LogP contribution in [-0.4, -0.2) is 11.5 Å². The first-order valence-electron chi connectivity index (χ1n) is 6.48. The predicted molar refractivity (Wildman–Crippen MR) is 81.8 cm³/mol. The van der Waals surface area contributed by atoms with Crippen molar-refractivity contribution >= 4 is 17.1 Å². The second-order valence-electron chi connectivity index (χ2n) is 4.47. The number of anilines is 1. The lowest BCUT2D eigenvalue weighted by atomic mass is 10.2. The molecule has 0 saturated heterocycles. The summed E-state index contributed by atoms with van der Waals surface area (Å²) in [5.74, 6) is 0. The molecule has 0 amide bonds. The maximum atomic E-state index is 10.6. The molecular weight excluding hydrogens is 282 g/mol. The number of hydrogen-bond donors (Lipinski definition) is 0. The molecule has 0 aromatic heterocycles. The minimum absolute atomic E-state index is 0.00765. The van der Waals surface area contributed by atoms with E-state index in [1.54, 1.807) is 0 Å². The highest BCUT2D eigenvalue weighted by Gasteiger charge is 2.08. The Balaban J connectivity index is 2.22. The van der Waals surface area contributed by atoms with Gasteiger partial charge in [0.05, 0.1) is 22.4 Å². The molecule has 22 heavy (non-hydrogen) atoms. The van der Waals surface area contributed by atoms with Crippen LogP contribution in [0.4, 0.5) is 17.1 Å². The summed E-state index contributed by atoms with van der Waals surface area (Å²) in [6, 6.07) is 15.3. The molecule has 0 aliphatic carbocycles. The van der Waals surface area contributed by atoms with E-state index in [0.29, 0.717) is 5.69 Å². The second kappa shape index (κ2) is 6.95. The van der Waals surface area contributed by atoms with Crippen LogP contribution in [0.5, 0.6) is 0 Å². The topological polar surface area (TPSA) is 94.9 Å². The van der Waals surface area contributed by atoms with Crippen molar-refractivity contribution in [2.24, 2.45) is 10.3 Å². The second-order valence-corrected chi connectivity index (χ2v) is 4.47. The summed E-state index contributed by atoms with van der Waals surface area (Å²) in [5, 5.41) is 29.1. The minimum atomic E-state index is -0.476. The number of benzene rings is 2. The standard InChI is InChI=1S/C15H13N5O2/c1-12-4-2-3-5-15(12)19(11-10-16)18-17-13-6-8-14(9-7-13)20(21)22/h2-9H,11H2,1H3. The molecular formula is C15H13N5O2. The van der Waals surface area contributed by atoms with E-state index in [1.165, 1.54) is 29.3 Å². The quantitative estimate of drug-likeness (QED) is 0.361. The lowest BCUT2D eigenvalue weighted by Gasteiger charge is -2.16. The Hall–Kier alpha value is -3.27. The van der Waals surface area contributed by atoms with Gasteiger partial charge in [-0.1, -0.05) is 23.4 Å². The number of nitro benzene ring substituents is 1. The first kappa shape index (κ1) is 15.1. The zero-order valence-electron chi connectivity index (χ0n) is 11.9. The number of para-hydroxylation sites is 1. The average Bonchev–Trinajstić information content (AvgIpc) is 2.52. The van der Waals surface area contributed by atoms with Gasteiger partial charge in [0.25, 0.3) is 5.69 Å². The molecule has 2 rings (SSSR count). The molecule has 0 radical (unpaired) electrons. The van der Waals surface area contributed by atoms with E-state index in [1.807, 2.05) is 37.3 Å². The van der Waals surface area contributed by atoms with E-state index >= 15 is 0 Å². The molecule has 0 fully saturated rings. The van der Waals surface area contributed by atoms with Crippen LogP contribution in [-0.2, 0) is 0 Å². The Kier molecular flexibility index (Phi) is 4.78. The summed E-state index contributed by atoms with van der Waals surface area (Å²) < 4.78 is 0. The van der Waals surface area contributed by atoms with Gasteiger partial charge in [0, 0.05) is 12.1 Å². The zero-order valence-corrected chi connectivity index (χ0v) is 11.9. The Morgan fingerprint density at radius 2 is 1.91 bits per heavy atom. The first-order valence-corrected chi connectivity index (χ1v) is 6.48. The number of non-ortho nitro benzene ring substituents is 1. The van der Waals surface area contributed by atoms with Crippen LogP contribution >= 0.6 is 0 Å². The van der Waals surface area contributed by atoms with E-state index < -0.39 is 4.92 Å². The molecule has 0 aliphatic heterocycles. The Bertz CT molecular complexity index is 734. The lowest BCUT2D eigenvalue weighted by molar-refractivity contribution is -0.384. The fourth-order valence-electron chi connectivity index (χ4n) is 1.83. The van der Waals surface area contributed by atoms with Gasteiger partial charge in [-0.15, -0.1) is 5.11 Å². The van der Waals surface area contributed by atoms with E-state index in [0.717, 1.165) is 11.3 Å². The fraction of sp³-hybridized carbons (Fsp3) is 0.133. The van der Waals surface area contributed by atoms with Crippen molar-refractivity contribution in [3.05, 3.63) is 64.2 Å². The van der Waals surface area contributed by atoms with Crippen molar-refractivity contribution in [1.29, 1.82) is 5.26 Å². The third-order valence-corrected chi connectivity index (χ3v) is 2.94. The summed E-state index contributed by atoms with van der Waals surface area (Å²) in [7, 11) is 0. The minimum Gasteiger partial charge on any atom is -0.258 e.